The summed E-state index contributed by atoms with van der Waals surface area (Å²) in [6, 6.07) is 49.9. The van der Waals surface area contributed by atoms with Gasteiger partial charge in [0.05, 0.1) is 57.6 Å². The lowest BCUT2D eigenvalue weighted by Gasteiger charge is -2.13. The Balaban J connectivity index is 1.37. The van der Waals surface area contributed by atoms with E-state index in [0.717, 1.165) is 60.9 Å². The number of benzene rings is 6. The van der Waals surface area contributed by atoms with E-state index < -0.39 is 0 Å². The second-order valence-electron chi connectivity index (χ2n) is 10.8. The Hall–Kier alpha value is -6.92. The second-order valence-corrected chi connectivity index (χ2v) is 10.8. The quantitative estimate of drug-likeness (QED) is 0.210. The summed E-state index contributed by atoms with van der Waals surface area (Å²) in [5, 5.41) is 40.3. The van der Waals surface area contributed by atoms with Gasteiger partial charge in [-0.1, -0.05) is 48.5 Å². The summed E-state index contributed by atoms with van der Waals surface area (Å²) < 4.78 is 2.08. The molecule has 0 N–H and O–H groups in total. The molecule has 6 aromatic carbocycles. The smallest absolute Gasteiger partial charge is 0.0992 e. The van der Waals surface area contributed by atoms with Crippen molar-refractivity contribution in [2.75, 3.05) is 0 Å². The molecule has 0 spiro atoms. The standard InChI is InChI=1S/C40H21N5/c41-22-26-4-1-5-30(14-26)31-6-2-7-32(19-31)33-8-3-9-34(20-33)35-15-29(25-44)16-36(21-35)45-39-12-10-27(23-42)17-37(39)38-18-28(24-43)11-13-40(38)45/h1-21H. The highest BCUT2D eigenvalue weighted by molar-refractivity contribution is 6.10. The third-order valence-corrected chi connectivity index (χ3v) is 8.05. The topological polar surface area (TPSA) is 100 Å². The summed E-state index contributed by atoms with van der Waals surface area (Å²) in [5.41, 5.74) is 10.7. The van der Waals surface area contributed by atoms with Crippen LogP contribution in [0.2, 0.25) is 0 Å². The van der Waals surface area contributed by atoms with Gasteiger partial charge in [-0.2, -0.15) is 21.0 Å². The fourth-order valence-corrected chi connectivity index (χ4v) is 5.94. The highest BCUT2D eigenvalue weighted by Crippen LogP contribution is 2.36. The molecule has 0 amide bonds. The molecule has 0 aliphatic carbocycles. The molecule has 0 saturated heterocycles. The predicted molar refractivity (Wildman–Crippen MR) is 176 cm³/mol. The molecule has 0 aliphatic rings. The summed E-state index contributed by atoms with van der Waals surface area (Å²) in [6.45, 7) is 0. The van der Waals surface area contributed by atoms with Gasteiger partial charge in [-0.05, 0) is 112 Å². The van der Waals surface area contributed by atoms with Crippen molar-refractivity contribution in [2.24, 2.45) is 0 Å². The lowest BCUT2D eigenvalue weighted by molar-refractivity contribution is 1.18. The Kier molecular flexibility index (Phi) is 6.62. The van der Waals surface area contributed by atoms with E-state index in [-0.39, 0.29) is 0 Å². The van der Waals surface area contributed by atoms with Gasteiger partial charge in [0, 0.05) is 16.5 Å². The van der Waals surface area contributed by atoms with Crippen LogP contribution in [0.25, 0.3) is 60.9 Å². The average molecular weight is 572 g/mol. The Morgan fingerprint density at radius 3 is 1.29 bits per heavy atom. The van der Waals surface area contributed by atoms with Gasteiger partial charge in [-0.3, -0.25) is 0 Å². The molecule has 0 fully saturated rings. The summed E-state index contributed by atoms with van der Waals surface area (Å²) >= 11 is 0. The van der Waals surface area contributed by atoms with Crippen molar-refractivity contribution in [1.82, 2.24) is 4.57 Å². The normalized spacial score (nSPS) is 10.6. The Bertz CT molecular complexity index is 2420. The van der Waals surface area contributed by atoms with Gasteiger partial charge in [-0.15, -0.1) is 0 Å². The van der Waals surface area contributed by atoms with Crippen molar-refractivity contribution in [1.29, 1.82) is 21.0 Å². The Morgan fingerprint density at radius 1 is 0.356 bits per heavy atom. The molecule has 45 heavy (non-hydrogen) atoms. The summed E-state index contributed by atoms with van der Waals surface area (Å²) in [6.07, 6.45) is 0. The van der Waals surface area contributed by atoms with Gasteiger partial charge in [-0.25, -0.2) is 0 Å². The lowest BCUT2D eigenvalue weighted by Crippen LogP contribution is -1.96. The molecule has 5 heteroatoms. The van der Waals surface area contributed by atoms with E-state index in [1.807, 2.05) is 78.9 Å². The van der Waals surface area contributed by atoms with Crippen LogP contribution in [-0.4, -0.2) is 4.57 Å². The zero-order valence-electron chi connectivity index (χ0n) is 23.9. The van der Waals surface area contributed by atoms with Gasteiger partial charge < -0.3 is 4.57 Å². The molecule has 0 radical (unpaired) electrons. The zero-order chi connectivity index (χ0) is 30.9. The lowest BCUT2D eigenvalue weighted by atomic mass is 9.95. The van der Waals surface area contributed by atoms with E-state index in [1.165, 1.54) is 0 Å². The summed E-state index contributed by atoms with van der Waals surface area (Å²) in [7, 11) is 0. The fourth-order valence-electron chi connectivity index (χ4n) is 5.94. The molecule has 0 unspecified atom stereocenters. The van der Waals surface area contributed by atoms with Gasteiger partial charge >= 0.3 is 0 Å². The second kappa shape index (κ2) is 11.1. The molecule has 7 rings (SSSR count). The molecular formula is C40H21N5. The van der Waals surface area contributed by atoms with Crippen molar-refractivity contribution in [3.05, 3.63) is 150 Å². The molecular weight excluding hydrogens is 550 g/mol. The molecule has 1 aromatic heterocycles. The van der Waals surface area contributed by atoms with Crippen molar-refractivity contribution in [3.63, 3.8) is 0 Å². The van der Waals surface area contributed by atoms with Crippen LogP contribution >= 0.6 is 0 Å². The number of nitrogens with zero attached hydrogens (tertiary/aromatic N) is 5. The van der Waals surface area contributed by atoms with E-state index in [1.54, 1.807) is 18.2 Å². The number of hydrogen-bond acceptors (Lipinski definition) is 4. The maximum absolute atomic E-state index is 10.1. The molecule has 5 nitrogen and oxygen atoms in total. The fraction of sp³-hybridized carbons (Fsp3) is 0. The first kappa shape index (κ1) is 26.9. The molecule has 0 atom stereocenters. The van der Waals surface area contributed by atoms with Crippen LogP contribution in [0.15, 0.2) is 127 Å². The number of hydrogen-bond donors (Lipinski definition) is 0. The minimum Gasteiger partial charge on any atom is -0.309 e. The van der Waals surface area contributed by atoms with E-state index >= 15 is 0 Å². The minimum absolute atomic E-state index is 0.518. The highest BCUT2D eigenvalue weighted by Gasteiger charge is 2.16. The first-order valence-electron chi connectivity index (χ1n) is 14.2. The Labute approximate surface area is 259 Å². The SMILES string of the molecule is N#Cc1cccc(-c2cccc(-c3cccc(-c4cc(C#N)cc(-n5c6ccc(C#N)cc6c6cc(C#N)ccc65)c4)c3)c2)c1. The third kappa shape index (κ3) is 4.84. The van der Waals surface area contributed by atoms with Crippen molar-refractivity contribution in [2.45, 2.75) is 0 Å². The number of fused-ring (bicyclic) bond motifs is 3. The predicted octanol–water partition coefficient (Wildman–Crippen LogP) is 9.27. The molecule has 0 saturated carbocycles. The van der Waals surface area contributed by atoms with Crippen LogP contribution in [0.4, 0.5) is 0 Å². The van der Waals surface area contributed by atoms with Gasteiger partial charge in [0.25, 0.3) is 0 Å². The molecule has 0 aliphatic heterocycles. The first-order chi connectivity index (χ1) is 22.1. The van der Waals surface area contributed by atoms with Crippen LogP contribution in [-0.2, 0) is 0 Å². The summed E-state index contributed by atoms with van der Waals surface area (Å²) in [4.78, 5) is 0. The number of nitriles is 4. The highest BCUT2D eigenvalue weighted by atomic mass is 15.0. The number of aromatic nitrogens is 1. The molecule has 1 heterocycles. The van der Waals surface area contributed by atoms with Crippen LogP contribution in [0, 0.1) is 45.3 Å². The minimum atomic E-state index is 0.518. The Morgan fingerprint density at radius 2 is 0.778 bits per heavy atom. The van der Waals surface area contributed by atoms with Gasteiger partial charge in [0.15, 0.2) is 0 Å². The molecule has 206 valence electrons. The van der Waals surface area contributed by atoms with E-state index in [4.69, 9.17) is 0 Å². The average Bonchev–Trinajstić information content (AvgIpc) is 3.44. The van der Waals surface area contributed by atoms with Crippen LogP contribution in [0.5, 0.6) is 0 Å². The molecule has 7 aromatic rings. The van der Waals surface area contributed by atoms with Gasteiger partial charge in [0.1, 0.15) is 0 Å². The number of rotatable bonds is 4. The zero-order valence-corrected chi connectivity index (χ0v) is 23.9. The maximum atomic E-state index is 10.1. The van der Waals surface area contributed by atoms with Crippen molar-refractivity contribution >= 4 is 21.8 Å². The van der Waals surface area contributed by atoms with Crippen LogP contribution < -0.4 is 0 Å². The van der Waals surface area contributed by atoms with Crippen LogP contribution in [0.3, 0.4) is 0 Å². The monoisotopic (exact) mass is 571 g/mol. The van der Waals surface area contributed by atoms with E-state index in [2.05, 4.69) is 59.2 Å². The van der Waals surface area contributed by atoms with Crippen molar-refractivity contribution < 1.29 is 0 Å². The first-order valence-corrected chi connectivity index (χ1v) is 14.2. The molecule has 0 bridgehead atoms. The van der Waals surface area contributed by atoms with Gasteiger partial charge in [0.2, 0.25) is 0 Å². The van der Waals surface area contributed by atoms with Crippen molar-refractivity contribution in [3.8, 4) is 63.3 Å². The largest absolute Gasteiger partial charge is 0.309 e. The maximum Gasteiger partial charge on any atom is 0.0992 e. The van der Waals surface area contributed by atoms with Crippen LogP contribution in [0.1, 0.15) is 22.3 Å². The summed E-state index contributed by atoms with van der Waals surface area (Å²) in [5.74, 6) is 0. The van der Waals surface area contributed by atoms with E-state index in [9.17, 15) is 21.0 Å². The third-order valence-electron chi connectivity index (χ3n) is 8.05. The van der Waals surface area contributed by atoms with E-state index in [0.29, 0.717) is 22.3 Å².